The Morgan fingerprint density at radius 1 is 1.58 bits per heavy atom. The third-order valence-electron chi connectivity index (χ3n) is 4.23. The normalized spacial score (nSPS) is 21.0. The van der Waals surface area contributed by atoms with E-state index in [1.165, 1.54) is 13.0 Å². The van der Waals surface area contributed by atoms with Crippen LogP contribution in [0.25, 0.3) is 0 Å². The fourth-order valence-corrected chi connectivity index (χ4v) is 3.61. The van der Waals surface area contributed by atoms with E-state index in [9.17, 15) is 14.9 Å². The second-order valence-corrected chi connectivity index (χ2v) is 6.58. The molecule has 1 aromatic carbocycles. The van der Waals surface area contributed by atoms with Crippen LogP contribution in [0.1, 0.15) is 12.5 Å². The molecule has 1 aromatic rings. The van der Waals surface area contributed by atoms with Gasteiger partial charge in [-0.25, -0.2) is 4.79 Å². The molecule has 132 valence electrons. The largest absolute Gasteiger partial charge is 0.458 e. The summed E-state index contributed by atoms with van der Waals surface area (Å²) in [5, 5.41) is 12.4. The van der Waals surface area contributed by atoms with Gasteiger partial charge in [-0.1, -0.05) is 28.6 Å². The fourth-order valence-electron chi connectivity index (χ4n) is 3.25. The number of rotatable bonds is 3. The molecule has 26 heavy (non-hydrogen) atoms. The number of benzene rings is 1. The van der Waals surface area contributed by atoms with Crippen LogP contribution in [0.5, 0.6) is 0 Å². The molecule has 2 aliphatic heterocycles. The molecule has 0 fully saturated rings. The second-order valence-electron chi connectivity index (χ2n) is 5.67. The Morgan fingerprint density at radius 3 is 2.96 bits per heavy atom. The molecule has 0 saturated carbocycles. The monoisotopic (exact) mass is 415 g/mol. The predicted octanol–water partition coefficient (Wildman–Crippen LogP) is 2.37. The number of allylic oxidation sites excluding steroid dienone is 1. The number of esters is 1. The van der Waals surface area contributed by atoms with Gasteiger partial charge in [-0.2, -0.15) is 5.26 Å². The summed E-state index contributed by atoms with van der Waals surface area (Å²) < 4.78 is 11.2. The van der Waals surface area contributed by atoms with E-state index in [1.54, 1.807) is 18.2 Å². The minimum absolute atomic E-state index is 0.0558. The molecule has 2 aliphatic rings. The maximum absolute atomic E-state index is 13.1. The zero-order chi connectivity index (χ0) is 19.1. The van der Waals surface area contributed by atoms with Crippen LogP contribution in [0.15, 0.2) is 58.1 Å². The molecule has 3 rings (SSSR count). The van der Waals surface area contributed by atoms with Crippen LogP contribution in [-0.4, -0.2) is 18.5 Å². The number of hydrogen-bond donors (Lipinski definition) is 2. The number of anilines is 1. The first-order valence-electron chi connectivity index (χ1n) is 7.57. The van der Waals surface area contributed by atoms with Crippen molar-refractivity contribution in [3.63, 3.8) is 0 Å². The first-order chi connectivity index (χ1) is 12.4. The predicted molar refractivity (Wildman–Crippen MR) is 96.2 cm³/mol. The lowest BCUT2D eigenvalue weighted by atomic mass is 9.68. The van der Waals surface area contributed by atoms with Gasteiger partial charge in [-0.15, -0.1) is 0 Å². The topological polar surface area (TPSA) is 114 Å². The molecule has 1 atom stereocenters. The van der Waals surface area contributed by atoms with Gasteiger partial charge in [-0.05, 0) is 25.1 Å². The SMILES string of the molecule is C=CCOC(=O)C1=C(C)OC(N)=C(C#N)[C@]12C(=O)Nc1ccc(Br)cc12. The first-order valence-corrected chi connectivity index (χ1v) is 8.36. The standard InChI is InChI=1S/C18H14BrN3O4/c1-3-6-25-16(23)14-9(2)26-15(21)12(8-20)18(14)11-7-10(19)4-5-13(11)22-17(18)24/h3-5,7H,1,6,21H2,2H3,(H,22,24)/t18-/m0/s1. The van der Waals surface area contributed by atoms with Crippen molar-refractivity contribution in [2.75, 3.05) is 11.9 Å². The van der Waals surface area contributed by atoms with Crippen LogP contribution in [0.4, 0.5) is 5.69 Å². The molecule has 0 bridgehead atoms. The van der Waals surface area contributed by atoms with Crippen molar-refractivity contribution in [2.24, 2.45) is 5.73 Å². The van der Waals surface area contributed by atoms with Gasteiger partial charge < -0.3 is 20.5 Å². The van der Waals surface area contributed by atoms with Crippen molar-refractivity contribution in [3.8, 4) is 6.07 Å². The summed E-state index contributed by atoms with van der Waals surface area (Å²) in [6, 6.07) is 7.01. The van der Waals surface area contributed by atoms with Gasteiger partial charge in [0.15, 0.2) is 5.41 Å². The van der Waals surface area contributed by atoms with Gasteiger partial charge in [0.2, 0.25) is 11.8 Å². The number of fused-ring (bicyclic) bond motifs is 2. The lowest BCUT2D eigenvalue weighted by Crippen LogP contribution is -2.45. The highest BCUT2D eigenvalue weighted by Gasteiger charge is 2.59. The number of nitrogens with zero attached hydrogens (tertiary/aromatic N) is 1. The van der Waals surface area contributed by atoms with Crippen LogP contribution < -0.4 is 11.1 Å². The van der Waals surface area contributed by atoms with Crippen LogP contribution in [-0.2, 0) is 24.5 Å². The van der Waals surface area contributed by atoms with Gasteiger partial charge in [0.25, 0.3) is 0 Å². The van der Waals surface area contributed by atoms with Gasteiger partial charge >= 0.3 is 5.97 Å². The average Bonchev–Trinajstić information content (AvgIpc) is 2.86. The van der Waals surface area contributed by atoms with Crippen molar-refractivity contribution in [2.45, 2.75) is 12.3 Å². The molecule has 8 heteroatoms. The summed E-state index contributed by atoms with van der Waals surface area (Å²) in [6.07, 6.45) is 1.40. The molecular weight excluding hydrogens is 402 g/mol. The lowest BCUT2D eigenvalue weighted by molar-refractivity contribution is -0.140. The smallest absolute Gasteiger partial charge is 0.339 e. The average molecular weight is 416 g/mol. The number of carbonyl (C=O) groups excluding carboxylic acids is 2. The van der Waals surface area contributed by atoms with Gasteiger partial charge in [0.1, 0.15) is 29.6 Å². The van der Waals surface area contributed by atoms with Crippen molar-refractivity contribution in [1.82, 2.24) is 0 Å². The van der Waals surface area contributed by atoms with E-state index in [-0.39, 0.29) is 29.4 Å². The quantitative estimate of drug-likeness (QED) is 0.578. The van der Waals surface area contributed by atoms with Crippen molar-refractivity contribution >= 4 is 33.5 Å². The Hall–Kier alpha value is -3.05. The van der Waals surface area contributed by atoms with Crippen LogP contribution in [0.2, 0.25) is 0 Å². The maximum Gasteiger partial charge on any atom is 0.339 e. The molecular formula is C18H14BrN3O4. The summed E-state index contributed by atoms with van der Waals surface area (Å²) in [5.74, 6) is -1.49. The molecule has 3 N–H and O–H groups in total. The van der Waals surface area contributed by atoms with Gasteiger partial charge in [0, 0.05) is 15.7 Å². The molecule has 0 aromatic heterocycles. The summed E-state index contributed by atoms with van der Waals surface area (Å²) in [7, 11) is 0. The van der Waals surface area contributed by atoms with E-state index in [2.05, 4.69) is 27.8 Å². The Labute approximate surface area is 157 Å². The molecule has 0 saturated heterocycles. The van der Waals surface area contributed by atoms with Crippen molar-refractivity contribution in [3.05, 3.63) is 63.7 Å². The lowest BCUT2D eigenvalue weighted by Gasteiger charge is -2.33. The molecule has 1 amide bonds. The Kier molecular flexibility index (Phi) is 4.34. The Morgan fingerprint density at radius 2 is 2.31 bits per heavy atom. The second kappa shape index (κ2) is 6.35. The summed E-state index contributed by atoms with van der Waals surface area (Å²) >= 11 is 3.36. The molecule has 0 radical (unpaired) electrons. The Bertz CT molecular complexity index is 958. The summed E-state index contributed by atoms with van der Waals surface area (Å²) in [6.45, 7) is 4.94. The summed E-state index contributed by atoms with van der Waals surface area (Å²) in [4.78, 5) is 25.8. The van der Waals surface area contributed by atoms with Crippen LogP contribution >= 0.6 is 15.9 Å². The molecule has 7 nitrogen and oxygen atoms in total. The number of ether oxygens (including phenoxy) is 2. The molecule has 2 heterocycles. The van der Waals surface area contributed by atoms with E-state index in [0.29, 0.717) is 15.7 Å². The van der Waals surface area contributed by atoms with E-state index < -0.39 is 17.3 Å². The number of nitrogens with two attached hydrogens (primary N) is 1. The zero-order valence-corrected chi connectivity index (χ0v) is 15.3. The van der Waals surface area contributed by atoms with E-state index in [0.717, 1.165) is 0 Å². The first kappa shape index (κ1) is 17.8. The van der Waals surface area contributed by atoms with Crippen molar-refractivity contribution < 1.29 is 19.1 Å². The fraction of sp³-hybridized carbons (Fsp3) is 0.167. The maximum atomic E-state index is 13.1. The van der Waals surface area contributed by atoms with E-state index in [1.807, 2.05) is 6.07 Å². The third kappa shape index (κ3) is 2.32. The number of nitriles is 1. The zero-order valence-electron chi connectivity index (χ0n) is 13.8. The van der Waals surface area contributed by atoms with Crippen LogP contribution in [0.3, 0.4) is 0 Å². The minimum Gasteiger partial charge on any atom is -0.458 e. The Balaban J connectivity index is 2.36. The van der Waals surface area contributed by atoms with Crippen molar-refractivity contribution in [1.29, 1.82) is 5.26 Å². The highest BCUT2D eigenvalue weighted by Crippen LogP contribution is 2.52. The van der Waals surface area contributed by atoms with Crippen LogP contribution in [0, 0.1) is 11.3 Å². The van der Waals surface area contributed by atoms with E-state index in [4.69, 9.17) is 15.2 Å². The number of amides is 1. The number of hydrogen-bond acceptors (Lipinski definition) is 6. The minimum atomic E-state index is -1.74. The van der Waals surface area contributed by atoms with Gasteiger partial charge in [-0.3, -0.25) is 4.79 Å². The number of nitrogens with one attached hydrogen (secondary N) is 1. The molecule has 0 aliphatic carbocycles. The summed E-state index contributed by atoms with van der Waals surface area (Å²) in [5.41, 5.74) is 4.81. The molecule has 0 unspecified atom stereocenters. The van der Waals surface area contributed by atoms with Gasteiger partial charge in [0.05, 0.1) is 0 Å². The number of halogens is 1. The van der Waals surface area contributed by atoms with E-state index >= 15 is 0 Å². The highest BCUT2D eigenvalue weighted by atomic mass is 79.9. The molecule has 1 spiro atoms. The third-order valence-corrected chi connectivity index (χ3v) is 4.73. The highest BCUT2D eigenvalue weighted by molar-refractivity contribution is 9.10. The number of carbonyl (C=O) groups is 2.